The molecule has 0 spiro atoms. The molecule has 140 valence electrons. The molecule has 2 atom stereocenters. The van der Waals surface area contributed by atoms with Gasteiger partial charge in [0.2, 0.25) is 11.9 Å². The molecule has 2 aliphatic rings. The summed E-state index contributed by atoms with van der Waals surface area (Å²) in [6.45, 7) is 5.55. The smallest absolute Gasteiger partial charge is 0.246 e. The van der Waals surface area contributed by atoms with Crippen LogP contribution in [0.4, 0.5) is 11.9 Å². The Balaban J connectivity index is 1.38. The Kier molecular flexibility index (Phi) is 5.05. The van der Waals surface area contributed by atoms with Crippen LogP contribution in [0.1, 0.15) is 31.7 Å². The SMILES string of the molecule is C[C@@H]1CC(Cc2ccc(Cl)cc2)N(C2CCN(c3n[nH]c(N)n3)CC2)C1. The average Bonchev–Trinajstić information content (AvgIpc) is 3.23. The number of nitrogens with one attached hydrogen (secondary N) is 1. The Labute approximate surface area is 159 Å². The van der Waals surface area contributed by atoms with E-state index in [1.807, 2.05) is 12.1 Å². The highest BCUT2D eigenvalue weighted by Gasteiger charge is 2.36. The summed E-state index contributed by atoms with van der Waals surface area (Å²) in [4.78, 5) is 9.25. The van der Waals surface area contributed by atoms with Crippen molar-refractivity contribution in [1.82, 2.24) is 20.1 Å². The quantitative estimate of drug-likeness (QED) is 0.860. The Morgan fingerprint density at radius 1 is 1.23 bits per heavy atom. The van der Waals surface area contributed by atoms with Crippen molar-refractivity contribution in [3.63, 3.8) is 0 Å². The molecule has 0 radical (unpaired) electrons. The zero-order valence-corrected chi connectivity index (χ0v) is 16.0. The molecule has 2 aromatic rings. The van der Waals surface area contributed by atoms with Crippen molar-refractivity contribution in [3.8, 4) is 0 Å². The molecule has 2 fully saturated rings. The molecule has 1 aromatic carbocycles. The van der Waals surface area contributed by atoms with E-state index >= 15 is 0 Å². The summed E-state index contributed by atoms with van der Waals surface area (Å²) in [5.74, 6) is 1.88. The van der Waals surface area contributed by atoms with Crippen molar-refractivity contribution in [2.24, 2.45) is 5.92 Å². The lowest BCUT2D eigenvalue weighted by Crippen LogP contribution is -2.47. The van der Waals surface area contributed by atoms with Crippen LogP contribution >= 0.6 is 11.6 Å². The Bertz CT molecular complexity index is 722. The Morgan fingerprint density at radius 3 is 2.62 bits per heavy atom. The second kappa shape index (κ2) is 7.45. The van der Waals surface area contributed by atoms with Gasteiger partial charge in [-0.3, -0.25) is 4.90 Å². The van der Waals surface area contributed by atoms with E-state index in [0.717, 1.165) is 49.2 Å². The number of anilines is 2. The molecule has 2 aliphatic heterocycles. The second-order valence-electron chi connectivity index (χ2n) is 7.76. The third kappa shape index (κ3) is 3.81. The lowest BCUT2D eigenvalue weighted by molar-refractivity contribution is 0.150. The number of nitrogens with zero attached hydrogens (tertiary/aromatic N) is 4. The summed E-state index contributed by atoms with van der Waals surface area (Å²) < 4.78 is 0. The van der Waals surface area contributed by atoms with Crippen molar-refractivity contribution in [3.05, 3.63) is 34.9 Å². The van der Waals surface area contributed by atoms with Gasteiger partial charge in [0.05, 0.1) is 0 Å². The van der Waals surface area contributed by atoms with Gasteiger partial charge in [0.1, 0.15) is 0 Å². The molecule has 0 saturated carbocycles. The molecule has 1 unspecified atom stereocenters. The number of aromatic nitrogens is 3. The summed E-state index contributed by atoms with van der Waals surface area (Å²) in [5.41, 5.74) is 7.04. The molecule has 3 N–H and O–H groups in total. The van der Waals surface area contributed by atoms with Crippen LogP contribution in [-0.2, 0) is 6.42 Å². The number of hydrogen-bond donors (Lipinski definition) is 2. The number of rotatable bonds is 4. The van der Waals surface area contributed by atoms with E-state index in [-0.39, 0.29) is 0 Å². The van der Waals surface area contributed by atoms with Crippen LogP contribution in [0.25, 0.3) is 0 Å². The van der Waals surface area contributed by atoms with Crippen molar-refractivity contribution in [1.29, 1.82) is 0 Å². The van der Waals surface area contributed by atoms with Crippen LogP contribution < -0.4 is 10.6 Å². The standard InChI is InChI=1S/C19H27ClN6/c1-13-10-17(11-14-2-4-15(20)5-3-14)26(12-13)16-6-8-25(9-7-16)19-22-18(21)23-24-19/h2-5,13,16-17H,6-12H2,1H3,(H3,21,22,23,24)/t13-,17?/m1/s1. The summed E-state index contributed by atoms with van der Waals surface area (Å²) in [7, 11) is 0. The molecule has 7 heteroatoms. The number of hydrogen-bond acceptors (Lipinski definition) is 5. The van der Waals surface area contributed by atoms with Gasteiger partial charge in [-0.1, -0.05) is 30.7 Å². The number of nitrogens with two attached hydrogens (primary N) is 1. The van der Waals surface area contributed by atoms with Crippen LogP contribution in [0.2, 0.25) is 5.02 Å². The van der Waals surface area contributed by atoms with Crippen molar-refractivity contribution in [2.45, 2.75) is 44.7 Å². The monoisotopic (exact) mass is 374 g/mol. The third-order valence-corrected chi connectivity index (χ3v) is 6.01. The first kappa shape index (κ1) is 17.6. The number of nitrogen functional groups attached to an aromatic ring is 1. The lowest BCUT2D eigenvalue weighted by Gasteiger charge is -2.39. The summed E-state index contributed by atoms with van der Waals surface area (Å²) >= 11 is 6.03. The minimum absolute atomic E-state index is 0.388. The highest BCUT2D eigenvalue weighted by molar-refractivity contribution is 6.30. The molecular weight excluding hydrogens is 348 g/mol. The predicted molar refractivity (Wildman–Crippen MR) is 105 cm³/mol. The second-order valence-corrected chi connectivity index (χ2v) is 8.20. The average molecular weight is 375 g/mol. The van der Waals surface area contributed by atoms with E-state index in [1.54, 1.807) is 0 Å². The van der Waals surface area contributed by atoms with Gasteiger partial charge in [0.15, 0.2) is 0 Å². The largest absolute Gasteiger partial charge is 0.368 e. The third-order valence-electron chi connectivity index (χ3n) is 5.76. The molecular formula is C19H27ClN6. The van der Waals surface area contributed by atoms with Gasteiger partial charge < -0.3 is 10.6 Å². The van der Waals surface area contributed by atoms with Gasteiger partial charge in [-0.25, -0.2) is 5.10 Å². The van der Waals surface area contributed by atoms with Crippen LogP contribution in [-0.4, -0.2) is 51.8 Å². The maximum absolute atomic E-state index is 6.03. The van der Waals surface area contributed by atoms with Crippen molar-refractivity contribution >= 4 is 23.5 Å². The maximum Gasteiger partial charge on any atom is 0.246 e. The number of piperidine rings is 1. The highest BCUT2D eigenvalue weighted by atomic mass is 35.5. The number of likely N-dealkylation sites (tertiary alicyclic amines) is 1. The molecule has 1 aromatic heterocycles. The van der Waals surface area contributed by atoms with Crippen LogP contribution in [0, 0.1) is 5.92 Å². The van der Waals surface area contributed by atoms with E-state index in [1.165, 1.54) is 18.5 Å². The van der Waals surface area contributed by atoms with Gasteiger partial charge in [-0.2, -0.15) is 4.98 Å². The highest BCUT2D eigenvalue weighted by Crippen LogP contribution is 2.32. The summed E-state index contributed by atoms with van der Waals surface area (Å²) in [6.07, 6.45) is 4.69. The molecule has 0 amide bonds. The Morgan fingerprint density at radius 2 is 1.96 bits per heavy atom. The molecule has 2 saturated heterocycles. The van der Waals surface area contributed by atoms with Crippen molar-refractivity contribution < 1.29 is 0 Å². The normalized spacial score (nSPS) is 25.1. The number of benzene rings is 1. The minimum atomic E-state index is 0.388. The van der Waals surface area contributed by atoms with Crippen LogP contribution in [0.15, 0.2) is 24.3 Å². The van der Waals surface area contributed by atoms with E-state index < -0.39 is 0 Å². The van der Waals surface area contributed by atoms with E-state index in [4.69, 9.17) is 17.3 Å². The van der Waals surface area contributed by atoms with E-state index in [0.29, 0.717) is 18.0 Å². The van der Waals surface area contributed by atoms with E-state index in [2.05, 4.69) is 44.0 Å². The first-order valence-corrected chi connectivity index (χ1v) is 9.89. The Hall–Kier alpha value is -1.79. The number of H-pyrrole nitrogens is 1. The molecule has 6 nitrogen and oxygen atoms in total. The van der Waals surface area contributed by atoms with Crippen LogP contribution in [0.5, 0.6) is 0 Å². The lowest BCUT2D eigenvalue weighted by atomic mass is 9.98. The zero-order valence-electron chi connectivity index (χ0n) is 15.2. The minimum Gasteiger partial charge on any atom is -0.368 e. The zero-order chi connectivity index (χ0) is 18.1. The van der Waals surface area contributed by atoms with Gasteiger partial charge in [-0.15, -0.1) is 5.10 Å². The topological polar surface area (TPSA) is 74.1 Å². The maximum atomic E-state index is 6.03. The van der Waals surface area contributed by atoms with Gasteiger partial charge >= 0.3 is 0 Å². The summed E-state index contributed by atoms with van der Waals surface area (Å²) in [6, 6.07) is 9.60. The molecule has 3 heterocycles. The van der Waals surface area contributed by atoms with E-state index in [9.17, 15) is 0 Å². The summed E-state index contributed by atoms with van der Waals surface area (Å²) in [5, 5.41) is 7.73. The fourth-order valence-electron chi connectivity index (χ4n) is 4.53. The fraction of sp³-hybridized carbons (Fsp3) is 0.579. The first-order valence-electron chi connectivity index (χ1n) is 9.51. The molecule has 0 bridgehead atoms. The predicted octanol–water partition coefficient (Wildman–Crippen LogP) is 2.96. The van der Waals surface area contributed by atoms with Gasteiger partial charge in [0.25, 0.3) is 0 Å². The number of aromatic amines is 1. The van der Waals surface area contributed by atoms with Gasteiger partial charge in [0, 0.05) is 36.7 Å². The van der Waals surface area contributed by atoms with Crippen LogP contribution in [0.3, 0.4) is 0 Å². The van der Waals surface area contributed by atoms with Crippen molar-refractivity contribution in [2.75, 3.05) is 30.3 Å². The van der Waals surface area contributed by atoms with Gasteiger partial charge in [-0.05, 0) is 49.3 Å². The molecule has 0 aliphatic carbocycles. The molecule has 4 rings (SSSR count). The fourth-order valence-corrected chi connectivity index (χ4v) is 4.65. The molecule has 26 heavy (non-hydrogen) atoms. The first-order chi connectivity index (χ1) is 12.6. The number of halogens is 1.